The van der Waals surface area contributed by atoms with E-state index < -0.39 is 0 Å². The SMILES string of the molecule is CC=Cc1cc(=O)c2c(CC(C)=O)cc(OC)cc2o1. The molecule has 0 radical (unpaired) electrons. The highest BCUT2D eigenvalue weighted by Crippen LogP contribution is 2.25. The molecule has 0 aliphatic heterocycles. The average molecular weight is 272 g/mol. The number of rotatable bonds is 4. The molecule has 0 atom stereocenters. The second kappa shape index (κ2) is 5.74. The van der Waals surface area contributed by atoms with Crippen LogP contribution in [0.4, 0.5) is 0 Å². The minimum atomic E-state index is -0.154. The van der Waals surface area contributed by atoms with E-state index in [1.54, 1.807) is 24.3 Å². The predicted octanol–water partition coefficient (Wildman–Crippen LogP) is 2.97. The van der Waals surface area contributed by atoms with Crippen LogP contribution >= 0.6 is 0 Å². The number of ether oxygens (including phenoxy) is 1. The smallest absolute Gasteiger partial charge is 0.193 e. The van der Waals surface area contributed by atoms with Gasteiger partial charge in [-0.1, -0.05) is 6.08 Å². The molecule has 1 heterocycles. The number of methoxy groups -OCH3 is 1. The van der Waals surface area contributed by atoms with Gasteiger partial charge in [-0.15, -0.1) is 0 Å². The van der Waals surface area contributed by atoms with Crippen LogP contribution in [0.3, 0.4) is 0 Å². The summed E-state index contributed by atoms with van der Waals surface area (Å²) >= 11 is 0. The van der Waals surface area contributed by atoms with Crippen molar-refractivity contribution in [2.45, 2.75) is 20.3 Å². The summed E-state index contributed by atoms with van der Waals surface area (Å²) in [7, 11) is 1.53. The summed E-state index contributed by atoms with van der Waals surface area (Å²) in [4.78, 5) is 23.6. The fourth-order valence-corrected chi connectivity index (χ4v) is 2.14. The van der Waals surface area contributed by atoms with Crippen molar-refractivity contribution in [1.82, 2.24) is 0 Å². The molecular formula is C16H16O4. The number of carbonyl (C=O) groups excluding carboxylic acids is 1. The first-order chi connectivity index (χ1) is 9.55. The zero-order valence-electron chi connectivity index (χ0n) is 11.7. The largest absolute Gasteiger partial charge is 0.497 e. The van der Waals surface area contributed by atoms with Crippen molar-refractivity contribution < 1.29 is 13.9 Å². The highest BCUT2D eigenvalue weighted by Gasteiger charge is 2.12. The highest BCUT2D eigenvalue weighted by atomic mass is 16.5. The normalized spacial score (nSPS) is 11.2. The quantitative estimate of drug-likeness (QED) is 0.858. The Morgan fingerprint density at radius 1 is 1.35 bits per heavy atom. The first kappa shape index (κ1) is 14.1. The third kappa shape index (κ3) is 2.79. The van der Waals surface area contributed by atoms with E-state index in [1.807, 2.05) is 6.92 Å². The van der Waals surface area contributed by atoms with Crippen LogP contribution in [0.25, 0.3) is 17.0 Å². The van der Waals surface area contributed by atoms with Crippen molar-refractivity contribution in [3.8, 4) is 5.75 Å². The topological polar surface area (TPSA) is 56.5 Å². The summed E-state index contributed by atoms with van der Waals surface area (Å²) in [5.74, 6) is 1.03. The molecule has 2 aromatic rings. The fourth-order valence-electron chi connectivity index (χ4n) is 2.14. The lowest BCUT2D eigenvalue weighted by molar-refractivity contribution is -0.116. The summed E-state index contributed by atoms with van der Waals surface area (Å²) in [5, 5.41) is 0.439. The Bertz CT molecular complexity index is 738. The van der Waals surface area contributed by atoms with E-state index in [9.17, 15) is 9.59 Å². The lowest BCUT2D eigenvalue weighted by atomic mass is 10.0. The van der Waals surface area contributed by atoms with Crippen molar-refractivity contribution in [1.29, 1.82) is 0 Å². The Labute approximate surface area is 116 Å². The number of hydrogen-bond donors (Lipinski definition) is 0. The Hall–Kier alpha value is -2.36. The minimum Gasteiger partial charge on any atom is -0.497 e. The van der Waals surface area contributed by atoms with Crippen molar-refractivity contribution in [2.75, 3.05) is 7.11 Å². The Kier molecular flexibility index (Phi) is 4.03. The van der Waals surface area contributed by atoms with Gasteiger partial charge in [-0.3, -0.25) is 9.59 Å². The van der Waals surface area contributed by atoms with Gasteiger partial charge in [-0.25, -0.2) is 0 Å². The molecule has 0 N–H and O–H groups in total. The van der Waals surface area contributed by atoms with Crippen LogP contribution in [0.2, 0.25) is 0 Å². The maximum absolute atomic E-state index is 12.2. The van der Waals surface area contributed by atoms with Gasteiger partial charge in [0.1, 0.15) is 22.9 Å². The maximum Gasteiger partial charge on any atom is 0.193 e. The monoisotopic (exact) mass is 272 g/mol. The van der Waals surface area contributed by atoms with Gasteiger partial charge >= 0.3 is 0 Å². The molecule has 4 heteroatoms. The number of fused-ring (bicyclic) bond motifs is 1. The first-order valence-electron chi connectivity index (χ1n) is 6.32. The van der Waals surface area contributed by atoms with Gasteiger partial charge in [0.2, 0.25) is 0 Å². The van der Waals surface area contributed by atoms with E-state index in [2.05, 4.69) is 0 Å². The zero-order valence-corrected chi connectivity index (χ0v) is 11.7. The highest BCUT2D eigenvalue weighted by molar-refractivity contribution is 5.88. The van der Waals surface area contributed by atoms with Gasteiger partial charge in [0.05, 0.1) is 12.5 Å². The summed E-state index contributed by atoms with van der Waals surface area (Å²) in [6.45, 7) is 3.33. The van der Waals surface area contributed by atoms with Crippen molar-refractivity contribution in [2.24, 2.45) is 0 Å². The third-order valence-electron chi connectivity index (χ3n) is 2.91. The van der Waals surface area contributed by atoms with Crippen LogP contribution < -0.4 is 10.2 Å². The first-order valence-corrected chi connectivity index (χ1v) is 6.32. The number of benzene rings is 1. The van der Waals surface area contributed by atoms with Crippen molar-refractivity contribution in [3.05, 3.63) is 45.8 Å². The van der Waals surface area contributed by atoms with E-state index >= 15 is 0 Å². The van der Waals surface area contributed by atoms with Crippen LogP contribution in [-0.4, -0.2) is 12.9 Å². The summed E-state index contributed by atoms with van der Waals surface area (Å²) in [6, 6.07) is 4.79. The number of allylic oxidation sites excluding steroid dienone is 1. The van der Waals surface area contributed by atoms with Gasteiger partial charge in [0.15, 0.2) is 5.43 Å². The molecule has 0 spiro atoms. The molecule has 104 valence electrons. The molecule has 0 amide bonds. The van der Waals surface area contributed by atoms with Gasteiger partial charge in [0.25, 0.3) is 0 Å². The zero-order chi connectivity index (χ0) is 14.7. The van der Waals surface area contributed by atoms with E-state index in [-0.39, 0.29) is 17.6 Å². The van der Waals surface area contributed by atoms with Crippen molar-refractivity contribution in [3.63, 3.8) is 0 Å². The van der Waals surface area contributed by atoms with Crippen LogP contribution in [0.5, 0.6) is 5.75 Å². The molecule has 4 nitrogen and oxygen atoms in total. The molecule has 0 unspecified atom stereocenters. The molecule has 1 aromatic heterocycles. The van der Waals surface area contributed by atoms with Crippen molar-refractivity contribution >= 4 is 22.8 Å². The number of carbonyl (C=O) groups is 1. The lowest BCUT2D eigenvalue weighted by Gasteiger charge is -2.08. The van der Waals surface area contributed by atoms with Crippen LogP contribution in [0.1, 0.15) is 25.2 Å². The average Bonchev–Trinajstić information content (AvgIpc) is 2.37. The molecule has 0 saturated carbocycles. The number of hydrogen-bond acceptors (Lipinski definition) is 4. The van der Waals surface area contributed by atoms with Gasteiger partial charge in [-0.2, -0.15) is 0 Å². The standard InChI is InChI=1S/C16H16O4/c1-4-5-12-8-14(18)16-11(6-10(2)17)7-13(19-3)9-15(16)20-12/h4-5,7-9H,6H2,1-3H3. The molecule has 0 saturated heterocycles. The number of ketones is 1. The summed E-state index contributed by atoms with van der Waals surface area (Å²) in [6.07, 6.45) is 3.69. The Balaban J connectivity index is 2.78. The predicted molar refractivity (Wildman–Crippen MR) is 78.1 cm³/mol. The molecule has 2 rings (SSSR count). The van der Waals surface area contributed by atoms with E-state index in [4.69, 9.17) is 9.15 Å². The van der Waals surface area contributed by atoms with Gasteiger partial charge in [-0.05, 0) is 31.6 Å². The lowest BCUT2D eigenvalue weighted by Crippen LogP contribution is -2.07. The second-order valence-corrected chi connectivity index (χ2v) is 4.55. The molecule has 0 fully saturated rings. The molecule has 20 heavy (non-hydrogen) atoms. The summed E-state index contributed by atoms with van der Waals surface area (Å²) in [5.41, 5.74) is 0.909. The molecule has 1 aromatic carbocycles. The van der Waals surface area contributed by atoms with E-state index in [0.29, 0.717) is 28.0 Å². The van der Waals surface area contributed by atoms with Crippen LogP contribution in [-0.2, 0) is 11.2 Å². The molecule has 0 bridgehead atoms. The second-order valence-electron chi connectivity index (χ2n) is 4.55. The van der Waals surface area contributed by atoms with E-state index in [0.717, 1.165) is 0 Å². The minimum absolute atomic E-state index is 0.0171. The molecular weight excluding hydrogens is 256 g/mol. The van der Waals surface area contributed by atoms with E-state index in [1.165, 1.54) is 20.1 Å². The van der Waals surface area contributed by atoms with Gasteiger partial charge < -0.3 is 9.15 Å². The fraction of sp³-hybridized carbons (Fsp3) is 0.250. The third-order valence-corrected chi connectivity index (χ3v) is 2.91. The van der Waals surface area contributed by atoms with Crippen LogP contribution in [0.15, 0.2) is 33.5 Å². The summed E-state index contributed by atoms with van der Waals surface area (Å²) < 4.78 is 10.9. The van der Waals surface area contributed by atoms with Crippen LogP contribution in [0, 0.1) is 0 Å². The maximum atomic E-state index is 12.2. The molecule has 0 aliphatic rings. The van der Waals surface area contributed by atoms with Gasteiger partial charge in [0, 0.05) is 18.6 Å². The molecule has 0 aliphatic carbocycles. The Morgan fingerprint density at radius 3 is 2.70 bits per heavy atom. The number of Topliss-reactive ketones (excluding diaryl/α,β-unsaturated/α-hetero) is 1. The Morgan fingerprint density at radius 2 is 2.10 bits per heavy atom.